The van der Waals surface area contributed by atoms with Crippen LogP contribution in [0.5, 0.6) is 11.5 Å². The lowest BCUT2D eigenvalue weighted by Gasteiger charge is -2.19. The number of hydrogen-bond acceptors (Lipinski definition) is 8. The van der Waals surface area contributed by atoms with Gasteiger partial charge in [-0.25, -0.2) is 9.78 Å². The molecule has 9 heteroatoms. The smallest absolute Gasteiger partial charge is 0.351 e. The topological polar surface area (TPSA) is 86.8 Å². The van der Waals surface area contributed by atoms with Gasteiger partial charge in [-0.2, -0.15) is 11.3 Å². The first-order valence-electron chi connectivity index (χ1n) is 8.93. The van der Waals surface area contributed by atoms with E-state index >= 15 is 0 Å². The number of thiazole rings is 1. The Labute approximate surface area is 175 Å². The second-order valence-corrected chi connectivity index (χ2v) is 8.12. The van der Waals surface area contributed by atoms with E-state index in [0.29, 0.717) is 41.0 Å². The molecule has 29 heavy (non-hydrogen) atoms. The first-order valence-corrected chi connectivity index (χ1v) is 10.7. The maximum Gasteiger partial charge on any atom is 0.351 e. The number of aryl methyl sites for hydroxylation is 1. The van der Waals surface area contributed by atoms with E-state index in [1.807, 2.05) is 16.8 Å². The van der Waals surface area contributed by atoms with Crippen molar-refractivity contribution in [1.82, 2.24) is 4.98 Å². The molecular formula is C20H18N2O5S2. The molecule has 3 heterocycles. The molecule has 0 aliphatic carbocycles. The lowest BCUT2D eigenvalue weighted by Crippen LogP contribution is -2.30. The van der Waals surface area contributed by atoms with Crippen LogP contribution in [0.1, 0.15) is 22.3 Å². The zero-order valence-electron chi connectivity index (χ0n) is 15.8. The van der Waals surface area contributed by atoms with Crippen LogP contribution < -0.4 is 14.8 Å². The molecule has 0 fully saturated rings. The summed E-state index contributed by atoms with van der Waals surface area (Å²) in [7, 11) is 0. The van der Waals surface area contributed by atoms with Crippen molar-refractivity contribution >= 4 is 40.2 Å². The predicted molar refractivity (Wildman–Crippen MR) is 111 cm³/mol. The Bertz CT molecular complexity index is 1050. The number of hydrogen-bond donors (Lipinski definition) is 1. The van der Waals surface area contributed by atoms with E-state index < -0.39 is 18.0 Å². The number of esters is 1. The molecule has 4 rings (SSSR count). The lowest BCUT2D eigenvalue weighted by molar-refractivity contribution is -0.123. The summed E-state index contributed by atoms with van der Waals surface area (Å²) in [6.07, 6.45) is -0.971. The molecular weight excluding hydrogens is 412 g/mol. The summed E-state index contributed by atoms with van der Waals surface area (Å²) in [6, 6.07) is 7.07. The van der Waals surface area contributed by atoms with E-state index in [9.17, 15) is 9.59 Å². The van der Waals surface area contributed by atoms with Crippen molar-refractivity contribution in [2.24, 2.45) is 0 Å². The third kappa shape index (κ3) is 4.25. The van der Waals surface area contributed by atoms with Crippen LogP contribution in [-0.2, 0) is 9.53 Å². The molecule has 0 spiro atoms. The minimum absolute atomic E-state index is 0.394. The first kappa shape index (κ1) is 19.4. The summed E-state index contributed by atoms with van der Waals surface area (Å²) < 4.78 is 16.3. The summed E-state index contributed by atoms with van der Waals surface area (Å²) in [5.41, 5.74) is 2.09. The van der Waals surface area contributed by atoms with Gasteiger partial charge in [0.05, 0.1) is 5.69 Å². The molecule has 0 saturated heterocycles. The zero-order valence-corrected chi connectivity index (χ0v) is 17.4. The number of ether oxygens (including phenoxy) is 3. The molecule has 7 nitrogen and oxygen atoms in total. The molecule has 1 atom stereocenters. The number of carbonyl (C=O) groups is 2. The zero-order chi connectivity index (χ0) is 20.4. The molecule has 1 unspecified atom stereocenters. The highest BCUT2D eigenvalue weighted by Crippen LogP contribution is 2.33. The van der Waals surface area contributed by atoms with Crippen LogP contribution in [0.25, 0.3) is 10.6 Å². The van der Waals surface area contributed by atoms with Gasteiger partial charge in [0.1, 0.15) is 23.1 Å². The molecule has 1 aliphatic heterocycles. The molecule has 1 aromatic carbocycles. The minimum atomic E-state index is -0.971. The van der Waals surface area contributed by atoms with Crippen molar-refractivity contribution in [3.8, 4) is 22.1 Å². The molecule has 3 aromatic rings. The van der Waals surface area contributed by atoms with E-state index in [0.717, 1.165) is 10.6 Å². The van der Waals surface area contributed by atoms with E-state index in [4.69, 9.17) is 14.2 Å². The van der Waals surface area contributed by atoms with Gasteiger partial charge in [0.25, 0.3) is 5.91 Å². The van der Waals surface area contributed by atoms with Crippen molar-refractivity contribution in [3.63, 3.8) is 0 Å². The summed E-state index contributed by atoms with van der Waals surface area (Å²) in [5, 5.41) is 7.40. The van der Waals surface area contributed by atoms with Gasteiger partial charge >= 0.3 is 5.97 Å². The SMILES string of the molecule is Cc1nc(-c2ccsc2)sc1C(=O)OC(C)C(=O)Nc1ccc2c(c1)OCCO2. The number of amides is 1. The highest BCUT2D eigenvalue weighted by molar-refractivity contribution is 7.17. The number of benzene rings is 1. The fourth-order valence-electron chi connectivity index (χ4n) is 2.73. The van der Waals surface area contributed by atoms with Crippen molar-refractivity contribution in [2.75, 3.05) is 18.5 Å². The molecule has 1 N–H and O–H groups in total. The number of carbonyl (C=O) groups excluding carboxylic acids is 2. The number of anilines is 1. The fraction of sp³-hybridized carbons (Fsp3) is 0.250. The van der Waals surface area contributed by atoms with Crippen LogP contribution in [-0.4, -0.2) is 36.2 Å². The second kappa shape index (κ2) is 8.22. The van der Waals surface area contributed by atoms with Gasteiger partial charge in [0.2, 0.25) is 0 Å². The number of rotatable bonds is 5. The summed E-state index contributed by atoms with van der Waals surface area (Å²) in [5.74, 6) is 0.206. The quantitative estimate of drug-likeness (QED) is 0.613. The highest BCUT2D eigenvalue weighted by Gasteiger charge is 2.24. The monoisotopic (exact) mass is 430 g/mol. The molecule has 1 amide bonds. The Morgan fingerprint density at radius 1 is 1.21 bits per heavy atom. The van der Waals surface area contributed by atoms with E-state index in [-0.39, 0.29) is 0 Å². The van der Waals surface area contributed by atoms with Crippen LogP contribution in [0.4, 0.5) is 5.69 Å². The van der Waals surface area contributed by atoms with Gasteiger partial charge in [-0.3, -0.25) is 4.79 Å². The Morgan fingerprint density at radius 3 is 2.76 bits per heavy atom. The third-order valence-electron chi connectivity index (χ3n) is 4.21. The van der Waals surface area contributed by atoms with Crippen molar-refractivity contribution < 1.29 is 23.8 Å². The van der Waals surface area contributed by atoms with Crippen LogP contribution in [0.2, 0.25) is 0 Å². The van der Waals surface area contributed by atoms with Gasteiger partial charge in [0.15, 0.2) is 17.6 Å². The van der Waals surface area contributed by atoms with E-state index in [1.165, 1.54) is 18.3 Å². The van der Waals surface area contributed by atoms with Crippen LogP contribution in [0, 0.1) is 6.92 Å². The number of nitrogens with one attached hydrogen (secondary N) is 1. The summed E-state index contributed by atoms with van der Waals surface area (Å²) in [6.45, 7) is 4.24. The maximum absolute atomic E-state index is 12.5. The second-order valence-electron chi connectivity index (χ2n) is 6.34. The fourth-order valence-corrected chi connectivity index (χ4v) is 4.39. The molecule has 0 saturated carbocycles. The van der Waals surface area contributed by atoms with Gasteiger partial charge in [-0.05, 0) is 37.4 Å². The molecule has 2 aromatic heterocycles. The van der Waals surface area contributed by atoms with E-state index in [2.05, 4.69) is 10.3 Å². The number of thiophene rings is 1. The Morgan fingerprint density at radius 2 is 2.00 bits per heavy atom. The van der Waals surface area contributed by atoms with Gasteiger partial charge in [-0.15, -0.1) is 11.3 Å². The van der Waals surface area contributed by atoms with Gasteiger partial charge in [0, 0.05) is 22.7 Å². The molecule has 150 valence electrons. The van der Waals surface area contributed by atoms with Crippen molar-refractivity contribution in [3.05, 3.63) is 45.6 Å². The molecule has 1 aliphatic rings. The van der Waals surface area contributed by atoms with Crippen molar-refractivity contribution in [1.29, 1.82) is 0 Å². The number of fused-ring (bicyclic) bond motifs is 1. The van der Waals surface area contributed by atoms with Crippen LogP contribution in [0.15, 0.2) is 35.0 Å². The minimum Gasteiger partial charge on any atom is -0.486 e. The maximum atomic E-state index is 12.5. The largest absolute Gasteiger partial charge is 0.486 e. The number of nitrogens with zero attached hydrogens (tertiary/aromatic N) is 1. The third-order valence-corrected chi connectivity index (χ3v) is 6.08. The van der Waals surface area contributed by atoms with Gasteiger partial charge in [-0.1, -0.05) is 0 Å². The Kier molecular flexibility index (Phi) is 5.50. The average Bonchev–Trinajstić information content (AvgIpc) is 3.37. The molecule has 0 radical (unpaired) electrons. The number of aromatic nitrogens is 1. The predicted octanol–water partition coefficient (Wildman–Crippen LogP) is 4.14. The Hall–Kier alpha value is -2.91. The molecule has 0 bridgehead atoms. The summed E-state index contributed by atoms with van der Waals surface area (Å²) >= 11 is 2.82. The van der Waals surface area contributed by atoms with Gasteiger partial charge < -0.3 is 19.5 Å². The standard InChI is InChI=1S/C20H18N2O5S2/c1-11-17(29-19(21-11)13-5-8-28-10-13)20(24)27-12(2)18(23)22-14-3-4-15-16(9-14)26-7-6-25-15/h3-5,8-10,12H,6-7H2,1-2H3,(H,22,23). The highest BCUT2D eigenvalue weighted by atomic mass is 32.1. The first-order chi connectivity index (χ1) is 14.0. The van der Waals surface area contributed by atoms with E-state index in [1.54, 1.807) is 36.5 Å². The van der Waals surface area contributed by atoms with Crippen LogP contribution in [0.3, 0.4) is 0 Å². The Balaban J connectivity index is 1.40. The average molecular weight is 431 g/mol. The summed E-state index contributed by atoms with van der Waals surface area (Å²) in [4.78, 5) is 29.8. The normalized spacial score (nSPS) is 13.6. The van der Waals surface area contributed by atoms with Crippen LogP contribution >= 0.6 is 22.7 Å². The lowest BCUT2D eigenvalue weighted by atomic mass is 10.2. The van der Waals surface area contributed by atoms with Crippen molar-refractivity contribution in [2.45, 2.75) is 20.0 Å².